The third-order valence-electron chi connectivity index (χ3n) is 3.98. The molecule has 0 spiro atoms. The monoisotopic (exact) mass is 380 g/mol. The summed E-state index contributed by atoms with van der Waals surface area (Å²) in [5.74, 6) is -2.38. The Kier molecular flexibility index (Phi) is 9.12. The molecule has 0 unspecified atom stereocenters. The summed E-state index contributed by atoms with van der Waals surface area (Å²) in [7, 11) is 1.17. The van der Waals surface area contributed by atoms with E-state index in [1.165, 1.54) is 32.2 Å². The summed E-state index contributed by atoms with van der Waals surface area (Å²) in [6, 6.07) is 3.79. The number of esters is 1. The molecule has 2 atom stereocenters. The fraction of sp³-hybridized carbons (Fsp3) is 0.474. The van der Waals surface area contributed by atoms with Gasteiger partial charge in [-0.3, -0.25) is 14.4 Å². The summed E-state index contributed by atoms with van der Waals surface area (Å²) in [4.78, 5) is 47.5. The third kappa shape index (κ3) is 7.55. The smallest absolute Gasteiger partial charge is 0.328 e. The summed E-state index contributed by atoms with van der Waals surface area (Å²) in [6.45, 7) is 2.94. The minimum atomic E-state index is -1.08. The number of benzene rings is 1. The number of carbonyl (C=O) groups excluding carboxylic acids is 4. The summed E-state index contributed by atoms with van der Waals surface area (Å²) in [5.41, 5.74) is 0.252. The van der Waals surface area contributed by atoms with Gasteiger partial charge in [-0.1, -0.05) is 25.1 Å². The van der Waals surface area contributed by atoms with Crippen LogP contribution in [-0.2, 0) is 30.3 Å². The number of methoxy groups -OCH3 is 1. The first-order chi connectivity index (χ1) is 12.8. The predicted octanol–water partition coefficient (Wildman–Crippen LogP) is 1.29. The molecule has 2 N–H and O–H groups in total. The zero-order valence-corrected chi connectivity index (χ0v) is 15.7. The maximum atomic E-state index is 13.9. The normalized spacial score (nSPS) is 12.6. The maximum Gasteiger partial charge on any atom is 0.328 e. The molecular formula is C19H25FN2O5. The highest BCUT2D eigenvalue weighted by atomic mass is 19.1. The van der Waals surface area contributed by atoms with Gasteiger partial charge >= 0.3 is 5.97 Å². The lowest BCUT2D eigenvalue weighted by Crippen LogP contribution is -2.52. The molecule has 0 aliphatic carbocycles. The molecule has 0 bridgehead atoms. The quantitative estimate of drug-likeness (QED) is 0.596. The van der Waals surface area contributed by atoms with Gasteiger partial charge in [0.2, 0.25) is 11.8 Å². The number of halogens is 1. The van der Waals surface area contributed by atoms with Crippen LogP contribution in [0.5, 0.6) is 0 Å². The molecule has 0 heterocycles. The molecule has 27 heavy (non-hydrogen) atoms. The molecule has 2 amide bonds. The summed E-state index contributed by atoms with van der Waals surface area (Å²) >= 11 is 0. The van der Waals surface area contributed by atoms with Crippen LogP contribution in [0.15, 0.2) is 24.3 Å². The standard InChI is InChI=1S/C19H25FN2O5/c1-4-14(24)9-10-16(19(26)27-3)22-18(25)17(21-12(2)23)11-13-7-5-6-8-15(13)20/h5-8,16-17H,4,9-11H2,1-3H3,(H,21,23)(H,22,25)/t16-,17-/m0/s1. The van der Waals surface area contributed by atoms with Gasteiger partial charge in [0.15, 0.2) is 0 Å². The van der Waals surface area contributed by atoms with E-state index >= 15 is 0 Å². The van der Waals surface area contributed by atoms with E-state index in [2.05, 4.69) is 15.4 Å². The zero-order valence-electron chi connectivity index (χ0n) is 15.7. The van der Waals surface area contributed by atoms with Crippen molar-refractivity contribution in [1.82, 2.24) is 10.6 Å². The van der Waals surface area contributed by atoms with Crippen molar-refractivity contribution >= 4 is 23.6 Å². The van der Waals surface area contributed by atoms with E-state index in [9.17, 15) is 23.6 Å². The molecular weight excluding hydrogens is 355 g/mol. The van der Waals surface area contributed by atoms with E-state index in [-0.39, 0.29) is 30.6 Å². The Morgan fingerprint density at radius 2 is 1.78 bits per heavy atom. The lowest BCUT2D eigenvalue weighted by molar-refractivity contribution is -0.145. The fourth-order valence-electron chi connectivity index (χ4n) is 2.48. The molecule has 8 heteroatoms. The van der Waals surface area contributed by atoms with Gasteiger partial charge in [-0.25, -0.2) is 9.18 Å². The number of Topliss-reactive ketones (excluding diaryl/α,β-unsaturated/α-hetero) is 1. The second-order valence-corrected chi connectivity index (χ2v) is 6.06. The highest BCUT2D eigenvalue weighted by Crippen LogP contribution is 2.10. The molecule has 0 aromatic heterocycles. The Morgan fingerprint density at radius 3 is 2.33 bits per heavy atom. The van der Waals surface area contributed by atoms with Gasteiger partial charge in [-0.15, -0.1) is 0 Å². The van der Waals surface area contributed by atoms with Crippen molar-refractivity contribution in [1.29, 1.82) is 0 Å². The van der Waals surface area contributed by atoms with E-state index < -0.39 is 35.7 Å². The highest BCUT2D eigenvalue weighted by molar-refractivity contribution is 5.90. The van der Waals surface area contributed by atoms with Crippen molar-refractivity contribution in [3.8, 4) is 0 Å². The number of rotatable bonds is 10. The lowest BCUT2D eigenvalue weighted by atomic mass is 10.0. The second kappa shape index (κ2) is 11.1. The van der Waals surface area contributed by atoms with Crippen molar-refractivity contribution < 1.29 is 28.3 Å². The van der Waals surface area contributed by atoms with Crippen LogP contribution in [0.25, 0.3) is 0 Å². The second-order valence-electron chi connectivity index (χ2n) is 6.06. The Bertz CT molecular complexity index is 692. The van der Waals surface area contributed by atoms with Gasteiger partial charge < -0.3 is 15.4 Å². The summed E-state index contributed by atoms with van der Waals surface area (Å²) < 4.78 is 18.6. The van der Waals surface area contributed by atoms with Gasteiger partial charge in [0.05, 0.1) is 7.11 Å². The predicted molar refractivity (Wildman–Crippen MR) is 96.2 cm³/mol. The van der Waals surface area contributed by atoms with Crippen LogP contribution >= 0.6 is 0 Å². The molecule has 148 valence electrons. The molecule has 0 fully saturated rings. The molecule has 0 saturated carbocycles. The molecule has 0 radical (unpaired) electrons. The number of amides is 2. The van der Waals surface area contributed by atoms with E-state index in [1.807, 2.05) is 0 Å². The van der Waals surface area contributed by atoms with Crippen LogP contribution < -0.4 is 10.6 Å². The van der Waals surface area contributed by atoms with Crippen molar-refractivity contribution in [2.24, 2.45) is 0 Å². The van der Waals surface area contributed by atoms with Crippen molar-refractivity contribution in [2.75, 3.05) is 7.11 Å². The molecule has 1 rings (SSSR count). The molecule has 0 saturated heterocycles. The minimum Gasteiger partial charge on any atom is -0.467 e. The van der Waals surface area contributed by atoms with Crippen molar-refractivity contribution in [3.05, 3.63) is 35.6 Å². The van der Waals surface area contributed by atoms with Gasteiger partial charge in [0.25, 0.3) is 0 Å². The molecule has 0 aliphatic heterocycles. The third-order valence-corrected chi connectivity index (χ3v) is 3.98. The van der Waals surface area contributed by atoms with Crippen LogP contribution in [-0.4, -0.2) is 42.8 Å². The van der Waals surface area contributed by atoms with Crippen LogP contribution in [0.2, 0.25) is 0 Å². The first-order valence-corrected chi connectivity index (χ1v) is 8.68. The van der Waals surface area contributed by atoms with Gasteiger partial charge in [0.1, 0.15) is 23.7 Å². The number of hydrogen-bond donors (Lipinski definition) is 2. The number of ketones is 1. The maximum absolute atomic E-state index is 13.9. The minimum absolute atomic E-state index is 0.0529. The summed E-state index contributed by atoms with van der Waals surface area (Å²) in [6.07, 6.45) is 0.426. The lowest BCUT2D eigenvalue weighted by Gasteiger charge is -2.22. The van der Waals surface area contributed by atoms with Gasteiger partial charge in [-0.2, -0.15) is 0 Å². The van der Waals surface area contributed by atoms with Crippen LogP contribution in [0.4, 0.5) is 4.39 Å². The van der Waals surface area contributed by atoms with E-state index in [0.29, 0.717) is 6.42 Å². The number of hydrogen-bond acceptors (Lipinski definition) is 5. The Morgan fingerprint density at radius 1 is 1.11 bits per heavy atom. The van der Waals surface area contributed by atoms with E-state index in [0.717, 1.165) is 0 Å². The van der Waals surface area contributed by atoms with Crippen LogP contribution in [0, 0.1) is 5.82 Å². The fourth-order valence-corrected chi connectivity index (χ4v) is 2.48. The first kappa shape index (κ1) is 22.3. The highest BCUT2D eigenvalue weighted by Gasteiger charge is 2.27. The van der Waals surface area contributed by atoms with Crippen molar-refractivity contribution in [3.63, 3.8) is 0 Å². The molecule has 1 aromatic carbocycles. The van der Waals surface area contributed by atoms with Crippen LogP contribution in [0.1, 0.15) is 38.7 Å². The Balaban J connectivity index is 2.90. The van der Waals surface area contributed by atoms with Crippen molar-refractivity contribution in [2.45, 2.75) is 51.6 Å². The molecule has 1 aromatic rings. The number of ether oxygens (including phenoxy) is 1. The number of carbonyl (C=O) groups is 4. The topological polar surface area (TPSA) is 102 Å². The Labute approximate surface area is 157 Å². The summed E-state index contributed by atoms with van der Waals surface area (Å²) in [5, 5.41) is 4.95. The number of nitrogens with one attached hydrogen (secondary N) is 2. The largest absolute Gasteiger partial charge is 0.467 e. The SMILES string of the molecule is CCC(=O)CC[C@H](NC(=O)[C@H](Cc1ccccc1F)NC(C)=O)C(=O)OC. The Hall–Kier alpha value is -2.77. The molecule has 7 nitrogen and oxygen atoms in total. The van der Waals surface area contributed by atoms with E-state index in [1.54, 1.807) is 13.0 Å². The average molecular weight is 380 g/mol. The van der Waals surface area contributed by atoms with Crippen LogP contribution in [0.3, 0.4) is 0 Å². The molecule has 0 aliphatic rings. The van der Waals surface area contributed by atoms with E-state index in [4.69, 9.17) is 0 Å². The van der Waals surface area contributed by atoms with Gasteiger partial charge in [-0.05, 0) is 18.1 Å². The first-order valence-electron chi connectivity index (χ1n) is 8.68. The zero-order chi connectivity index (χ0) is 20.4. The van der Waals surface area contributed by atoms with Gasteiger partial charge in [0, 0.05) is 26.2 Å². The average Bonchev–Trinajstić information content (AvgIpc) is 2.64.